The highest BCUT2D eigenvalue weighted by molar-refractivity contribution is 8.00. The highest BCUT2D eigenvalue weighted by Gasteiger charge is 2.34. The molecule has 1 atom stereocenters. The van der Waals surface area contributed by atoms with Crippen molar-refractivity contribution in [1.29, 1.82) is 0 Å². The quantitative estimate of drug-likeness (QED) is 0.491. The molecule has 1 nitrogen and oxygen atoms in total. The fourth-order valence-corrected chi connectivity index (χ4v) is 5.54. The van der Waals surface area contributed by atoms with Gasteiger partial charge in [-0.15, -0.1) is 11.8 Å². The topological polar surface area (TPSA) is 20.2 Å². The van der Waals surface area contributed by atoms with E-state index >= 15 is 0 Å². The van der Waals surface area contributed by atoms with Crippen LogP contribution in [0.5, 0.6) is 5.75 Å². The third kappa shape index (κ3) is 5.21. The van der Waals surface area contributed by atoms with Gasteiger partial charge in [-0.2, -0.15) is 0 Å². The standard InChI is InChI=1S/C24H40OS/c1-8-9-10-11-12-13-14-17-15-18-20(26-17)16-19(23(2,3)4)22(25)21(18)24(5,6)7/h16-17,25H,8-15H2,1-7H3. The summed E-state index contributed by atoms with van der Waals surface area (Å²) >= 11 is 2.06. The molecule has 0 aromatic heterocycles. The predicted octanol–water partition coefficient (Wildman–Crippen LogP) is 7.75. The average molecular weight is 377 g/mol. The van der Waals surface area contributed by atoms with E-state index in [0.717, 1.165) is 12.0 Å². The smallest absolute Gasteiger partial charge is 0.123 e. The molecule has 148 valence electrons. The fraction of sp³-hybridized carbons (Fsp3) is 0.750. The van der Waals surface area contributed by atoms with E-state index in [0.29, 0.717) is 11.0 Å². The number of phenols is 1. The molecule has 1 heterocycles. The molecule has 0 spiro atoms. The van der Waals surface area contributed by atoms with Crippen molar-refractivity contribution >= 4 is 11.8 Å². The Morgan fingerprint density at radius 1 is 0.962 bits per heavy atom. The molecule has 0 aliphatic carbocycles. The van der Waals surface area contributed by atoms with Crippen molar-refractivity contribution in [2.45, 2.75) is 121 Å². The number of fused-ring (bicyclic) bond motifs is 1. The number of rotatable bonds is 7. The Labute approximate surface area is 166 Å². The highest BCUT2D eigenvalue weighted by Crippen LogP contribution is 2.50. The summed E-state index contributed by atoms with van der Waals surface area (Å²) in [7, 11) is 0. The number of thioether (sulfide) groups is 1. The lowest BCUT2D eigenvalue weighted by Crippen LogP contribution is -2.19. The van der Waals surface area contributed by atoms with E-state index in [2.05, 4.69) is 66.3 Å². The van der Waals surface area contributed by atoms with Crippen LogP contribution in [0.2, 0.25) is 0 Å². The lowest BCUT2D eigenvalue weighted by Gasteiger charge is -2.29. The second-order valence-corrected chi connectivity index (χ2v) is 11.5. The van der Waals surface area contributed by atoms with Gasteiger partial charge in [-0.25, -0.2) is 0 Å². The number of hydrogen-bond acceptors (Lipinski definition) is 2. The molecule has 1 aromatic rings. The number of phenolic OH excluding ortho intramolecular Hbond substituents is 1. The maximum Gasteiger partial charge on any atom is 0.123 e. The Kier molecular flexibility index (Phi) is 7.16. The molecule has 0 bridgehead atoms. The molecule has 2 rings (SSSR count). The molecule has 1 unspecified atom stereocenters. The van der Waals surface area contributed by atoms with E-state index in [1.807, 2.05) is 0 Å². The van der Waals surface area contributed by atoms with Crippen molar-refractivity contribution in [2.75, 3.05) is 0 Å². The van der Waals surface area contributed by atoms with Crippen LogP contribution in [0.4, 0.5) is 0 Å². The second kappa shape index (κ2) is 8.59. The molecule has 0 saturated carbocycles. The van der Waals surface area contributed by atoms with Crippen molar-refractivity contribution in [3.8, 4) is 5.75 Å². The normalized spacial score (nSPS) is 17.6. The summed E-state index contributed by atoms with van der Waals surface area (Å²) in [6.07, 6.45) is 10.6. The SMILES string of the molecule is CCCCCCCCC1Cc2c(cc(C(C)(C)C)c(O)c2C(C)(C)C)S1. The summed E-state index contributed by atoms with van der Waals surface area (Å²) < 4.78 is 0. The van der Waals surface area contributed by atoms with Gasteiger partial charge in [0.1, 0.15) is 5.75 Å². The van der Waals surface area contributed by atoms with Gasteiger partial charge in [0.15, 0.2) is 0 Å². The minimum absolute atomic E-state index is 0.0228. The van der Waals surface area contributed by atoms with Crippen molar-refractivity contribution in [3.63, 3.8) is 0 Å². The summed E-state index contributed by atoms with van der Waals surface area (Å²) in [6, 6.07) is 2.28. The molecule has 0 amide bonds. The first-order valence-corrected chi connectivity index (χ1v) is 11.5. The van der Waals surface area contributed by atoms with Crippen molar-refractivity contribution < 1.29 is 5.11 Å². The van der Waals surface area contributed by atoms with Gasteiger partial charge >= 0.3 is 0 Å². The summed E-state index contributed by atoms with van der Waals surface area (Å²) in [5.74, 6) is 0.546. The van der Waals surface area contributed by atoms with Crippen LogP contribution in [0.25, 0.3) is 0 Å². The zero-order valence-corrected chi connectivity index (χ0v) is 19.0. The molecule has 1 aliphatic rings. The van der Waals surface area contributed by atoms with Crippen LogP contribution in [0.1, 0.15) is 110 Å². The minimum Gasteiger partial charge on any atom is -0.507 e. The Balaban J connectivity index is 2.15. The Morgan fingerprint density at radius 2 is 1.58 bits per heavy atom. The molecule has 1 N–H and O–H groups in total. The van der Waals surface area contributed by atoms with Crippen LogP contribution in [0.3, 0.4) is 0 Å². The summed E-state index contributed by atoms with van der Waals surface area (Å²) in [4.78, 5) is 1.42. The minimum atomic E-state index is -0.0307. The molecular weight excluding hydrogens is 336 g/mol. The van der Waals surface area contributed by atoms with E-state index < -0.39 is 0 Å². The first-order chi connectivity index (χ1) is 12.1. The van der Waals surface area contributed by atoms with E-state index in [-0.39, 0.29) is 10.8 Å². The van der Waals surface area contributed by atoms with Crippen molar-refractivity contribution in [1.82, 2.24) is 0 Å². The van der Waals surface area contributed by atoms with Crippen LogP contribution in [-0.4, -0.2) is 10.4 Å². The number of hydrogen-bond donors (Lipinski definition) is 1. The zero-order chi connectivity index (χ0) is 19.5. The predicted molar refractivity (Wildman–Crippen MR) is 117 cm³/mol. The summed E-state index contributed by atoms with van der Waals surface area (Å²) in [5.41, 5.74) is 3.66. The summed E-state index contributed by atoms with van der Waals surface area (Å²) in [6.45, 7) is 15.6. The van der Waals surface area contributed by atoms with Gasteiger partial charge in [-0.3, -0.25) is 0 Å². The van der Waals surface area contributed by atoms with Gasteiger partial charge in [-0.05, 0) is 35.3 Å². The Hall–Kier alpha value is -0.630. The van der Waals surface area contributed by atoms with Crippen LogP contribution >= 0.6 is 11.8 Å². The third-order valence-corrected chi connectivity index (χ3v) is 6.88. The number of aromatic hydroxyl groups is 1. The highest BCUT2D eigenvalue weighted by atomic mass is 32.2. The lowest BCUT2D eigenvalue weighted by molar-refractivity contribution is 0.419. The fourth-order valence-electron chi connectivity index (χ4n) is 4.14. The van der Waals surface area contributed by atoms with Crippen LogP contribution in [0.15, 0.2) is 11.0 Å². The molecule has 1 aliphatic heterocycles. The van der Waals surface area contributed by atoms with Crippen molar-refractivity contribution in [2.24, 2.45) is 0 Å². The molecule has 0 fully saturated rings. The van der Waals surface area contributed by atoms with Crippen LogP contribution in [-0.2, 0) is 17.3 Å². The molecule has 0 radical (unpaired) electrons. The lowest BCUT2D eigenvalue weighted by atomic mass is 9.76. The van der Waals surface area contributed by atoms with E-state index in [9.17, 15) is 5.11 Å². The van der Waals surface area contributed by atoms with Crippen LogP contribution in [0, 0.1) is 0 Å². The van der Waals surface area contributed by atoms with E-state index in [4.69, 9.17) is 0 Å². The van der Waals surface area contributed by atoms with E-state index in [1.165, 1.54) is 61.0 Å². The van der Waals surface area contributed by atoms with E-state index in [1.54, 1.807) is 0 Å². The summed E-state index contributed by atoms with van der Waals surface area (Å²) in [5, 5.41) is 11.8. The van der Waals surface area contributed by atoms with Gasteiger partial charge in [-0.1, -0.05) is 87.0 Å². The first-order valence-electron chi connectivity index (χ1n) is 10.6. The van der Waals surface area contributed by atoms with Gasteiger partial charge in [0, 0.05) is 21.3 Å². The monoisotopic (exact) mass is 376 g/mol. The van der Waals surface area contributed by atoms with Crippen LogP contribution < -0.4 is 0 Å². The van der Waals surface area contributed by atoms with Gasteiger partial charge in [0.05, 0.1) is 0 Å². The molecule has 26 heavy (non-hydrogen) atoms. The maximum atomic E-state index is 11.1. The van der Waals surface area contributed by atoms with Crippen molar-refractivity contribution in [3.05, 3.63) is 22.8 Å². The number of benzene rings is 1. The van der Waals surface area contributed by atoms with Gasteiger partial charge in [0.25, 0.3) is 0 Å². The van der Waals surface area contributed by atoms with Gasteiger partial charge in [0.2, 0.25) is 0 Å². The zero-order valence-electron chi connectivity index (χ0n) is 18.2. The molecule has 0 saturated heterocycles. The molecule has 2 heteroatoms. The first kappa shape index (κ1) is 21.7. The maximum absolute atomic E-state index is 11.1. The molecule has 1 aromatic carbocycles. The average Bonchev–Trinajstić information content (AvgIpc) is 2.89. The number of unbranched alkanes of at least 4 members (excludes halogenated alkanes) is 5. The Morgan fingerprint density at radius 3 is 2.15 bits per heavy atom. The van der Waals surface area contributed by atoms with Gasteiger partial charge < -0.3 is 5.11 Å². The third-order valence-electron chi connectivity index (χ3n) is 5.53. The molecular formula is C24H40OS. The largest absolute Gasteiger partial charge is 0.507 e. The Bertz CT molecular complexity index is 604. The second-order valence-electron chi connectivity index (χ2n) is 10.1.